The molecule has 0 saturated heterocycles. The Bertz CT molecular complexity index is 1870. The average Bonchev–Trinajstić information content (AvgIpc) is 1.04. The molecule has 98 heavy (non-hydrogen) atoms. The Morgan fingerprint density at radius 2 is 0.469 bits per heavy atom. The Labute approximate surface area is 600 Å². The van der Waals surface area contributed by atoms with Crippen LogP contribution in [0.1, 0.15) is 420 Å². The van der Waals surface area contributed by atoms with Crippen molar-refractivity contribution in [3.8, 4) is 0 Å². The molecule has 0 radical (unpaired) electrons. The number of unbranched alkanes of at least 4 members (excludes halogenated alkanes) is 51. The molecule has 0 amide bonds. The fourth-order valence-electron chi connectivity index (χ4n) is 12.2. The van der Waals surface area contributed by atoms with Gasteiger partial charge in [-0.3, -0.25) is 37.3 Å². The van der Waals surface area contributed by atoms with Crippen molar-refractivity contribution in [2.24, 2.45) is 5.92 Å². The van der Waals surface area contributed by atoms with Crippen molar-refractivity contribution in [1.82, 2.24) is 0 Å². The van der Waals surface area contributed by atoms with Crippen LogP contribution in [0.5, 0.6) is 0 Å². The Balaban J connectivity index is 5.24. The van der Waals surface area contributed by atoms with E-state index in [1.807, 2.05) is 0 Å². The van der Waals surface area contributed by atoms with E-state index in [0.717, 1.165) is 95.8 Å². The number of rotatable bonds is 79. The first-order valence-corrected chi connectivity index (χ1v) is 44.1. The first-order chi connectivity index (χ1) is 47.5. The molecule has 19 heteroatoms. The molecule has 0 spiro atoms. The van der Waals surface area contributed by atoms with Crippen molar-refractivity contribution in [2.75, 3.05) is 39.6 Å². The summed E-state index contributed by atoms with van der Waals surface area (Å²) in [5.74, 6) is -1.38. The Morgan fingerprint density at radius 1 is 0.276 bits per heavy atom. The predicted molar refractivity (Wildman–Crippen MR) is 400 cm³/mol. The van der Waals surface area contributed by atoms with Crippen molar-refractivity contribution >= 4 is 39.5 Å². The maximum absolute atomic E-state index is 13.1. The first-order valence-electron chi connectivity index (χ1n) is 41.1. The highest BCUT2D eigenvalue weighted by molar-refractivity contribution is 7.47. The van der Waals surface area contributed by atoms with E-state index in [1.54, 1.807) is 0 Å². The molecule has 5 atom stereocenters. The summed E-state index contributed by atoms with van der Waals surface area (Å²) in [6, 6.07) is 0. The molecule has 0 aliphatic carbocycles. The molecule has 2 unspecified atom stereocenters. The fraction of sp³-hybridized carbons (Fsp3) is 0.949. The van der Waals surface area contributed by atoms with Gasteiger partial charge in [-0.05, 0) is 31.6 Å². The lowest BCUT2D eigenvalue weighted by Crippen LogP contribution is -2.30. The number of phosphoric ester groups is 2. The molecular weight excluding hydrogens is 1280 g/mol. The second kappa shape index (κ2) is 72.0. The first kappa shape index (κ1) is 96.1. The van der Waals surface area contributed by atoms with Crippen molar-refractivity contribution in [1.29, 1.82) is 0 Å². The monoisotopic (exact) mass is 1440 g/mol. The largest absolute Gasteiger partial charge is 0.472 e. The highest BCUT2D eigenvalue weighted by Crippen LogP contribution is 2.45. The van der Waals surface area contributed by atoms with Crippen LogP contribution in [0.2, 0.25) is 0 Å². The Morgan fingerprint density at radius 3 is 0.694 bits per heavy atom. The summed E-state index contributed by atoms with van der Waals surface area (Å²) in [4.78, 5) is 72.9. The standard InChI is InChI=1S/C79H154O17P2/c1-6-9-12-15-18-21-24-27-29-31-33-35-37-40-43-50-55-60-65-79(84)95-74(68-89-76(81)62-57-52-47-41-39-36-34-32-30-28-25-22-19-16-13-10-7-2)70-93-97(85,86)91-66-73(80)67-92-98(87,88)94-71-75(69-90-77(82)63-58-53-48-45-44-46-51-56-61-72(4)5)96-78(83)64-59-54-49-42-38-26-23-20-17-14-11-8-3/h72-75,80H,6-71H2,1-5H3,(H,85,86)(H,87,88)/t73-,74-,75-/m1/s1. The van der Waals surface area contributed by atoms with Crippen molar-refractivity contribution in [3.05, 3.63) is 0 Å². The van der Waals surface area contributed by atoms with Gasteiger partial charge in [0.05, 0.1) is 26.4 Å². The van der Waals surface area contributed by atoms with Crippen LogP contribution in [0.3, 0.4) is 0 Å². The zero-order chi connectivity index (χ0) is 71.9. The van der Waals surface area contributed by atoms with Gasteiger partial charge in [0, 0.05) is 25.7 Å². The average molecular weight is 1440 g/mol. The van der Waals surface area contributed by atoms with E-state index < -0.39 is 97.5 Å². The van der Waals surface area contributed by atoms with Gasteiger partial charge in [0.2, 0.25) is 0 Å². The molecule has 17 nitrogen and oxygen atoms in total. The van der Waals surface area contributed by atoms with E-state index in [4.69, 9.17) is 37.0 Å². The molecule has 0 aromatic carbocycles. The SMILES string of the molecule is CCCCCCCCCCCCCCCCCCCCC(=O)O[C@H](COC(=O)CCCCCCCCCCCCCCCCCCC)COP(=O)(O)OC[C@@H](O)COP(=O)(O)OC[C@@H](COC(=O)CCCCCCCCCCC(C)C)OC(=O)CCCCCCCCCCCCCC. The molecule has 0 aromatic rings. The highest BCUT2D eigenvalue weighted by Gasteiger charge is 2.30. The zero-order valence-corrected chi connectivity index (χ0v) is 65.7. The van der Waals surface area contributed by atoms with Crippen LogP contribution < -0.4 is 0 Å². The molecule has 0 aromatic heterocycles. The van der Waals surface area contributed by atoms with Gasteiger partial charge in [0.1, 0.15) is 19.3 Å². The summed E-state index contributed by atoms with van der Waals surface area (Å²) in [7, 11) is -9.91. The van der Waals surface area contributed by atoms with Gasteiger partial charge in [0.25, 0.3) is 0 Å². The minimum Gasteiger partial charge on any atom is -0.462 e. The van der Waals surface area contributed by atoms with E-state index in [-0.39, 0.29) is 25.7 Å². The van der Waals surface area contributed by atoms with Crippen LogP contribution in [0.4, 0.5) is 0 Å². The van der Waals surface area contributed by atoms with Crippen LogP contribution in [0, 0.1) is 5.92 Å². The predicted octanol–water partition coefficient (Wildman–Crippen LogP) is 23.6. The molecule has 3 N–H and O–H groups in total. The van der Waals surface area contributed by atoms with Crippen molar-refractivity contribution < 1.29 is 80.2 Å². The summed E-state index contributed by atoms with van der Waals surface area (Å²) in [5.41, 5.74) is 0. The molecule has 0 saturated carbocycles. The third kappa shape index (κ3) is 72.4. The number of esters is 4. The zero-order valence-electron chi connectivity index (χ0n) is 63.9. The molecule has 0 fully saturated rings. The quantitative estimate of drug-likeness (QED) is 0.0222. The lowest BCUT2D eigenvalue weighted by atomic mass is 10.0. The number of aliphatic hydroxyl groups excluding tert-OH is 1. The number of ether oxygens (including phenoxy) is 4. The highest BCUT2D eigenvalue weighted by atomic mass is 31.2. The number of phosphoric acid groups is 2. The van der Waals surface area contributed by atoms with E-state index in [0.29, 0.717) is 25.7 Å². The number of carbonyl (C=O) groups is 4. The van der Waals surface area contributed by atoms with Crippen LogP contribution in [-0.2, 0) is 65.4 Å². The summed E-state index contributed by atoms with van der Waals surface area (Å²) >= 11 is 0. The Hall–Kier alpha value is -1.94. The summed E-state index contributed by atoms with van der Waals surface area (Å²) < 4.78 is 68.6. The lowest BCUT2D eigenvalue weighted by molar-refractivity contribution is -0.161. The van der Waals surface area contributed by atoms with Crippen molar-refractivity contribution in [3.63, 3.8) is 0 Å². The van der Waals surface area contributed by atoms with Crippen molar-refractivity contribution in [2.45, 2.75) is 438 Å². The molecule has 0 bridgehead atoms. The number of aliphatic hydroxyl groups is 1. The second-order valence-electron chi connectivity index (χ2n) is 28.9. The normalized spacial score (nSPS) is 13.9. The van der Waals surface area contributed by atoms with E-state index in [1.165, 1.54) is 244 Å². The molecule has 0 aliphatic rings. The molecule has 582 valence electrons. The summed E-state index contributed by atoms with van der Waals surface area (Å²) in [6.07, 6.45) is 62.4. The van der Waals surface area contributed by atoms with Crippen LogP contribution in [0.25, 0.3) is 0 Å². The number of carbonyl (C=O) groups excluding carboxylic acids is 4. The van der Waals surface area contributed by atoms with Gasteiger partial charge >= 0.3 is 39.5 Å². The smallest absolute Gasteiger partial charge is 0.462 e. The summed E-state index contributed by atoms with van der Waals surface area (Å²) in [6.45, 7) is 7.28. The van der Waals surface area contributed by atoms with Gasteiger partial charge in [-0.1, -0.05) is 369 Å². The minimum atomic E-state index is -4.96. The van der Waals surface area contributed by atoms with E-state index in [9.17, 15) is 43.2 Å². The molecular formula is C79H154O17P2. The maximum Gasteiger partial charge on any atom is 0.472 e. The Kier molecular flexibility index (Phi) is 70.6. The number of hydrogen-bond donors (Lipinski definition) is 3. The van der Waals surface area contributed by atoms with Gasteiger partial charge < -0.3 is 33.8 Å². The van der Waals surface area contributed by atoms with E-state index in [2.05, 4.69) is 34.6 Å². The number of hydrogen-bond acceptors (Lipinski definition) is 15. The maximum atomic E-state index is 13.1. The van der Waals surface area contributed by atoms with Crippen LogP contribution in [0.15, 0.2) is 0 Å². The van der Waals surface area contributed by atoms with E-state index >= 15 is 0 Å². The third-order valence-electron chi connectivity index (χ3n) is 18.5. The molecule has 0 heterocycles. The molecule has 0 aliphatic heterocycles. The van der Waals surface area contributed by atoms with Gasteiger partial charge in [-0.15, -0.1) is 0 Å². The van der Waals surface area contributed by atoms with Gasteiger partial charge in [-0.25, -0.2) is 9.13 Å². The minimum absolute atomic E-state index is 0.107. The topological polar surface area (TPSA) is 237 Å². The fourth-order valence-corrected chi connectivity index (χ4v) is 13.8. The third-order valence-corrected chi connectivity index (χ3v) is 20.4. The van der Waals surface area contributed by atoms with Crippen LogP contribution >= 0.6 is 15.6 Å². The second-order valence-corrected chi connectivity index (χ2v) is 31.8. The lowest BCUT2D eigenvalue weighted by Gasteiger charge is -2.21. The summed E-state index contributed by atoms with van der Waals surface area (Å²) in [5, 5.41) is 10.6. The van der Waals surface area contributed by atoms with Gasteiger partial charge in [-0.2, -0.15) is 0 Å². The molecule has 0 rings (SSSR count). The van der Waals surface area contributed by atoms with Gasteiger partial charge in [0.15, 0.2) is 12.2 Å². The van der Waals surface area contributed by atoms with Crippen LogP contribution in [-0.4, -0.2) is 96.7 Å².